The van der Waals surface area contributed by atoms with E-state index in [2.05, 4.69) is 44.8 Å². The lowest BCUT2D eigenvalue weighted by atomic mass is 10.0. The van der Waals surface area contributed by atoms with Gasteiger partial charge in [0.1, 0.15) is 0 Å². The molecular weight excluding hydrogens is 434 g/mol. The van der Waals surface area contributed by atoms with E-state index in [0.29, 0.717) is 10.7 Å². The standard InChI is InChI=1S/C25H29N5O2S/c1-28(2)15-9-17-30-23(22(27-25(30)33)19-11-6-7-14-26-19)21-13-8-16-29(21)20-12-5-4-10-18(20)24(31)32-3/h4-8,10-14,16,22-23H,9,15,17H2,1-3H3,(H,27,33). The molecule has 7 nitrogen and oxygen atoms in total. The van der Waals surface area contributed by atoms with Crippen molar-refractivity contribution >= 4 is 23.3 Å². The van der Waals surface area contributed by atoms with Crippen molar-refractivity contribution in [2.24, 2.45) is 0 Å². The van der Waals surface area contributed by atoms with Crippen LogP contribution in [-0.4, -0.2) is 64.7 Å². The van der Waals surface area contributed by atoms with E-state index >= 15 is 0 Å². The van der Waals surface area contributed by atoms with Crippen LogP contribution in [0.5, 0.6) is 0 Å². The van der Waals surface area contributed by atoms with E-state index < -0.39 is 0 Å². The number of benzene rings is 1. The van der Waals surface area contributed by atoms with Gasteiger partial charge in [0.25, 0.3) is 0 Å². The minimum atomic E-state index is -0.366. The highest BCUT2D eigenvalue weighted by Crippen LogP contribution is 2.39. The molecule has 1 fully saturated rings. The molecule has 2 atom stereocenters. The van der Waals surface area contributed by atoms with Gasteiger partial charge in [-0.25, -0.2) is 4.79 Å². The molecule has 8 heteroatoms. The second kappa shape index (κ2) is 10.1. The number of thiocarbonyl (C=S) groups is 1. The summed E-state index contributed by atoms with van der Waals surface area (Å²) < 4.78 is 7.09. The zero-order valence-electron chi connectivity index (χ0n) is 19.1. The van der Waals surface area contributed by atoms with Crippen molar-refractivity contribution in [3.63, 3.8) is 0 Å². The van der Waals surface area contributed by atoms with Gasteiger partial charge in [-0.2, -0.15) is 0 Å². The third-order valence-corrected chi connectivity index (χ3v) is 6.21. The summed E-state index contributed by atoms with van der Waals surface area (Å²) in [5.74, 6) is -0.366. The molecule has 2 aromatic heterocycles. The van der Waals surface area contributed by atoms with Crippen LogP contribution >= 0.6 is 12.2 Å². The van der Waals surface area contributed by atoms with Gasteiger partial charge in [-0.3, -0.25) is 4.98 Å². The third kappa shape index (κ3) is 4.77. The third-order valence-electron chi connectivity index (χ3n) is 5.85. The van der Waals surface area contributed by atoms with Crippen molar-refractivity contribution in [3.8, 4) is 5.69 Å². The zero-order chi connectivity index (χ0) is 23.4. The molecule has 3 aromatic rings. The molecular formula is C25H29N5O2S. The van der Waals surface area contributed by atoms with Crippen LogP contribution in [0, 0.1) is 0 Å². The minimum absolute atomic E-state index is 0.0877. The Kier molecular flexibility index (Phi) is 7.05. The monoisotopic (exact) mass is 463 g/mol. The maximum atomic E-state index is 12.5. The van der Waals surface area contributed by atoms with Crippen LogP contribution in [0.25, 0.3) is 5.69 Å². The summed E-state index contributed by atoms with van der Waals surface area (Å²) in [4.78, 5) is 21.5. The molecule has 0 amide bonds. The topological polar surface area (TPSA) is 62.6 Å². The summed E-state index contributed by atoms with van der Waals surface area (Å²) in [6.07, 6.45) is 4.75. The molecule has 33 heavy (non-hydrogen) atoms. The lowest BCUT2D eigenvalue weighted by Crippen LogP contribution is -2.33. The minimum Gasteiger partial charge on any atom is -0.465 e. The van der Waals surface area contributed by atoms with E-state index in [0.717, 1.165) is 36.6 Å². The van der Waals surface area contributed by atoms with Crippen molar-refractivity contribution in [1.82, 2.24) is 24.7 Å². The number of esters is 1. The van der Waals surface area contributed by atoms with Gasteiger partial charge in [0.2, 0.25) is 0 Å². The summed E-state index contributed by atoms with van der Waals surface area (Å²) >= 11 is 5.78. The van der Waals surface area contributed by atoms with Gasteiger partial charge >= 0.3 is 5.97 Å². The van der Waals surface area contributed by atoms with Crippen molar-refractivity contribution < 1.29 is 9.53 Å². The fourth-order valence-corrected chi connectivity index (χ4v) is 4.68. The van der Waals surface area contributed by atoms with Crippen LogP contribution in [0.4, 0.5) is 0 Å². The largest absolute Gasteiger partial charge is 0.465 e. The normalized spacial score (nSPS) is 17.9. The van der Waals surface area contributed by atoms with Crippen molar-refractivity contribution in [3.05, 3.63) is 83.9 Å². The Balaban J connectivity index is 1.78. The molecule has 1 N–H and O–H groups in total. The van der Waals surface area contributed by atoms with E-state index in [1.165, 1.54) is 7.11 Å². The van der Waals surface area contributed by atoms with Crippen LogP contribution in [0.2, 0.25) is 0 Å². The number of carbonyl (C=O) groups excluding carboxylic acids is 1. The number of rotatable bonds is 8. The molecule has 4 rings (SSSR count). The first-order valence-electron chi connectivity index (χ1n) is 11.0. The van der Waals surface area contributed by atoms with E-state index in [1.54, 1.807) is 12.3 Å². The van der Waals surface area contributed by atoms with Crippen molar-refractivity contribution in [2.75, 3.05) is 34.3 Å². The Bertz CT molecular complexity index is 1110. The smallest absolute Gasteiger partial charge is 0.339 e. The second-order valence-electron chi connectivity index (χ2n) is 8.29. The summed E-state index contributed by atoms with van der Waals surface area (Å²) in [6.45, 7) is 1.77. The predicted molar refractivity (Wildman–Crippen MR) is 132 cm³/mol. The molecule has 1 aromatic carbocycles. The van der Waals surface area contributed by atoms with Crippen LogP contribution in [0.3, 0.4) is 0 Å². The average molecular weight is 464 g/mol. The number of nitrogens with zero attached hydrogens (tertiary/aromatic N) is 4. The van der Waals surface area contributed by atoms with Gasteiger partial charge in [-0.05, 0) is 75.7 Å². The fourth-order valence-electron chi connectivity index (χ4n) is 4.35. The molecule has 0 spiro atoms. The summed E-state index contributed by atoms with van der Waals surface area (Å²) in [5, 5.41) is 4.21. The van der Waals surface area contributed by atoms with E-state index in [1.807, 2.05) is 48.7 Å². The maximum absolute atomic E-state index is 12.5. The zero-order valence-corrected chi connectivity index (χ0v) is 20.0. The van der Waals surface area contributed by atoms with E-state index in [-0.39, 0.29) is 18.1 Å². The number of hydrogen-bond donors (Lipinski definition) is 1. The fraction of sp³-hybridized carbons (Fsp3) is 0.320. The SMILES string of the molecule is COC(=O)c1ccccc1-n1cccc1C1C(c2ccccn2)NC(=S)N1CCCN(C)C. The summed E-state index contributed by atoms with van der Waals surface area (Å²) in [7, 11) is 5.55. The molecule has 0 bridgehead atoms. The van der Waals surface area contributed by atoms with Crippen LogP contribution in [-0.2, 0) is 4.74 Å². The highest BCUT2D eigenvalue weighted by molar-refractivity contribution is 7.80. The highest BCUT2D eigenvalue weighted by atomic mass is 32.1. The number of nitrogens with one attached hydrogen (secondary N) is 1. The first kappa shape index (κ1) is 22.9. The van der Waals surface area contributed by atoms with E-state index in [9.17, 15) is 4.79 Å². The molecule has 3 heterocycles. The number of pyridine rings is 1. The van der Waals surface area contributed by atoms with Crippen LogP contribution < -0.4 is 5.32 Å². The van der Waals surface area contributed by atoms with Crippen molar-refractivity contribution in [2.45, 2.75) is 18.5 Å². The van der Waals surface area contributed by atoms with Gasteiger partial charge in [0.05, 0.1) is 36.1 Å². The van der Waals surface area contributed by atoms with Gasteiger partial charge in [0, 0.05) is 24.6 Å². The number of carbonyl (C=O) groups is 1. The second-order valence-corrected chi connectivity index (χ2v) is 8.68. The Morgan fingerprint density at radius 1 is 1.15 bits per heavy atom. The lowest BCUT2D eigenvalue weighted by Gasteiger charge is -2.29. The number of methoxy groups -OCH3 is 1. The molecule has 0 saturated carbocycles. The lowest BCUT2D eigenvalue weighted by molar-refractivity contribution is 0.0600. The Morgan fingerprint density at radius 3 is 2.67 bits per heavy atom. The Morgan fingerprint density at radius 2 is 1.94 bits per heavy atom. The molecule has 1 aliphatic rings. The van der Waals surface area contributed by atoms with Gasteiger partial charge in [-0.1, -0.05) is 18.2 Å². The first-order chi connectivity index (χ1) is 16.0. The van der Waals surface area contributed by atoms with Gasteiger partial charge in [-0.15, -0.1) is 0 Å². The Hall–Kier alpha value is -3.23. The molecule has 172 valence electrons. The molecule has 0 radical (unpaired) electrons. The number of para-hydroxylation sites is 1. The molecule has 0 aliphatic carbocycles. The van der Waals surface area contributed by atoms with Crippen molar-refractivity contribution in [1.29, 1.82) is 0 Å². The Labute approximate surface area is 200 Å². The summed E-state index contributed by atoms with van der Waals surface area (Å²) in [5.41, 5.74) is 3.24. The van der Waals surface area contributed by atoms with Crippen LogP contribution in [0.15, 0.2) is 67.0 Å². The highest BCUT2D eigenvalue weighted by Gasteiger charge is 2.41. The van der Waals surface area contributed by atoms with Crippen LogP contribution in [0.1, 0.15) is 40.3 Å². The number of aromatic nitrogens is 2. The molecule has 2 unspecified atom stereocenters. The quantitative estimate of drug-likeness (QED) is 0.405. The predicted octanol–water partition coefficient (Wildman–Crippen LogP) is 3.58. The molecule has 1 saturated heterocycles. The average Bonchev–Trinajstić information content (AvgIpc) is 3.43. The van der Waals surface area contributed by atoms with Gasteiger partial charge < -0.3 is 24.4 Å². The van der Waals surface area contributed by atoms with Gasteiger partial charge in [0.15, 0.2) is 5.11 Å². The molecule has 1 aliphatic heterocycles. The summed E-state index contributed by atoms with van der Waals surface area (Å²) in [6, 6.07) is 17.3. The first-order valence-corrected chi connectivity index (χ1v) is 11.4. The maximum Gasteiger partial charge on any atom is 0.339 e. The number of hydrogen-bond acceptors (Lipinski definition) is 5. The van der Waals surface area contributed by atoms with E-state index in [4.69, 9.17) is 17.0 Å². The number of ether oxygens (including phenoxy) is 1.